The fourth-order valence-corrected chi connectivity index (χ4v) is 4.22. The monoisotopic (exact) mass is 510 g/mol. The molecule has 0 aliphatic heterocycles. The first kappa shape index (κ1) is 22.3. The molecule has 0 aliphatic rings. The maximum atomic E-state index is 12.6. The van der Waals surface area contributed by atoms with E-state index in [9.17, 15) is 14.4 Å². The van der Waals surface area contributed by atoms with Crippen LogP contribution in [0.25, 0.3) is 27.3 Å². The van der Waals surface area contributed by atoms with Gasteiger partial charge in [-0.3, -0.25) is 19.1 Å². The summed E-state index contributed by atoms with van der Waals surface area (Å²) in [5.74, 6) is 0.105. The molecule has 0 spiro atoms. The van der Waals surface area contributed by atoms with E-state index in [1.165, 1.54) is 33.6 Å². The van der Waals surface area contributed by atoms with E-state index >= 15 is 0 Å². The molecule has 14 heteroatoms. The Kier molecular flexibility index (Phi) is 5.35. The molecular formula is C21H12Cl2N8O4. The molecule has 5 rings (SSSR count). The third-order valence-electron chi connectivity index (χ3n) is 5.10. The Hall–Kier alpha value is -4.47. The molecule has 4 heterocycles. The van der Waals surface area contributed by atoms with Gasteiger partial charge >= 0.3 is 11.5 Å². The van der Waals surface area contributed by atoms with Crippen molar-refractivity contribution < 1.29 is 4.52 Å². The second-order valence-corrected chi connectivity index (χ2v) is 8.19. The van der Waals surface area contributed by atoms with Crippen LogP contribution in [-0.4, -0.2) is 34.3 Å². The van der Waals surface area contributed by atoms with E-state index in [2.05, 4.69) is 20.2 Å². The van der Waals surface area contributed by atoms with Crippen molar-refractivity contribution in [1.82, 2.24) is 34.3 Å². The lowest BCUT2D eigenvalue weighted by molar-refractivity contribution is 0.389. The zero-order chi connectivity index (χ0) is 24.9. The Balaban J connectivity index is 1.64. The van der Waals surface area contributed by atoms with E-state index in [0.29, 0.717) is 22.5 Å². The van der Waals surface area contributed by atoms with Crippen LogP contribution in [0, 0.1) is 13.5 Å². The number of benzene rings is 1. The van der Waals surface area contributed by atoms with Crippen molar-refractivity contribution in [2.24, 2.45) is 0 Å². The molecular weight excluding hydrogens is 499 g/mol. The highest BCUT2D eigenvalue weighted by atomic mass is 35.5. The van der Waals surface area contributed by atoms with Crippen molar-refractivity contribution in [3.63, 3.8) is 0 Å². The molecule has 0 unspecified atom stereocenters. The maximum absolute atomic E-state index is 12.6. The van der Waals surface area contributed by atoms with Gasteiger partial charge < -0.3 is 9.37 Å². The summed E-state index contributed by atoms with van der Waals surface area (Å²) in [4.78, 5) is 41.5. The molecule has 4 aromatic heterocycles. The Labute approximate surface area is 204 Å². The van der Waals surface area contributed by atoms with Crippen LogP contribution >= 0.6 is 23.2 Å². The van der Waals surface area contributed by atoms with Gasteiger partial charge in [0.1, 0.15) is 17.1 Å². The summed E-state index contributed by atoms with van der Waals surface area (Å²) in [6, 6.07) is 7.50. The zero-order valence-electron chi connectivity index (χ0n) is 17.7. The highest BCUT2D eigenvalue weighted by Gasteiger charge is 2.19. The molecule has 0 amide bonds. The smallest absolute Gasteiger partial charge is 0.361 e. The van der Waals surface area contributed by atoms with Crippen LogP contribution in [0.3, 0.4) is 0 Å². The van der Waals surface area contributed by atoms with Gasteiger partial charge in [0.2, 0.25) is 0 Å². The molecule has 0 bridgehead atoms. The number of pyridine rings is 1. The van der Waals surface area contributed by atoms with Crippen molar-refractivity contribution in [1.29, 1.82) is 0 Å². The largest absolute Gasteiger partial charge is 0.365 e. The third-order valence-corrected chi connectivity index (χ3v) is 5.67. The van der Waals surface area contributed by atoms with Crippen LogP contribution in [0.5, 0.6) is 0 Å². The number of H-pyrrole nitrogens is 1. The Morgan fingerprint density at radius 1 is 1.09 bits per heavy atom. The highest BCUT2D eigenvalue weighted by Crippen LogP contribution is 2.33. The van der Waals surface area contributed by atoms with Gasteiger partial charge in [-0.15, -0.1) is 4.68 Å². The third kappa shape index (κ3) is 3.82. The number of halogens is 2. The number of nitrogens with zero attached hydrogens (tertiary/aromatic N) is 7. The molecule has 1 N–H and O–H groups in total. The predicted molar refractivity (Wildman–Crippen MR) is 126 cm³/mol. The van der Waals surface area contributed by atoms with Crippen molar-refractivity contribution >= 4 is 40.1 Å². The molecule has 174 valence electrons. The number of fused-ring (bicyclic) bond motifs is 1. The number of hydrogen-bond donors (Lipinski definition) is 1. The van der Waals surface area contributed by atoms with E-state index in [0.717, 1.165) is 4.68 Å². The summed E-state index contributed by atoms with van der Waals surface area (Å²) in [7, 11) is 0. The second kappa shape index (κ2) is 8.39. The molecule has 35 heavy (non-hydrogen) atoms. The molecule has 0 aliphatic carbocycles. The minimum atomic E-state index is -0.898. The van der Waals surface area contributed by atoms with Crippen LogP contribution in [-0.2, 0) is 6.54 Å². The van der Waals surface area contributed by atoms with Gasteiger partial charge in [-0.05, 0) is 30.2 Å². The minimum Gasteiger partial charge on any atom is -0.361 e. The zero-order valence-corrected chi connectivity index (χ0v) is 19.2. The number of hydrogen-bond acceptors (Lipinski definition) is 7. The van der Waals surface area contributed by atoms with Gasteiger partial charge in [0.25, 0.3) is 11.1 Å². The van der Waals surface area contributed by atoms with Gasteiger partial charge in [-0.25, -0.2) is 9.48 Å². The first-order valence-corrected chi connectivity index (χ1v) is 10.6. The van der Waals surface area contributed by atoms with Crippen molar-refractivity contribution in [2.45, 2.75) is 13.5 Å². The van der Waals surface area contributed by atoms with Gasteiger partial charge in [0.05, 0.1) is 39.5 Å². The first-order chi connectivity index (χ1) is 16.8. The van der Waals surface area contributed by atoms with E-state index in [1.807, 2.05) is 4.98 Å². The van der Waals surface area contributed by atoms with Gasteiger partial charge in [-0.1, -0.05) is 34.9 Å². The van der Waals surface area contributed by atoms with Crippen molar-refractivity contribution in [2.75, 3.05) is 0 Å². The summed E-state index contributed by atoms with van der Waals surface area (Å²) >= 11 is 13.1. The summed E-state index contributed by atoms with van der Waals surface area (Å²) in [5.41, 5.74) is 0.0174. The maximum Gasteiger partial charge on any atom is 0.365 e. The Morgan fingerprint density at radius 3 is 2.49 bits per heavy atom. The van der Waals surface area contributed by atoms with Gasteiger partial charge in [0.15, 0.2) is 0 Å². The second-order valence-electron chi connectivity index (χ2n) is 7.38. The van der Waals surface area contributed by atoms with E-state index in [-0.39, 0.29) is 33.5 Å². The predicted octanol–water partition coefficient (Wildman–Crippen LogP) is 2.62. The fraction of sp³-hybridized carbons (Fsp3) is 0.0952. The number of aromatic amines is 1. The Bertz CT molecular complexity index is 1830. The molecule has 0 saturated heterocycles. The Morgan fingerprint density at radius 2 is 1.83 bits per heavy atom. The molecule has 0 atom stereocenters. The standard InChI is InChI=1S/C21H12Cl2N8O4/c1-10-5-11(28-35-10)9-29-16-8-25-31(15(16)3-4-17(29)32)18-13(22)6-12(7-14(18)23)30-21(34)26-20(33)19(24-2)27-30/h3-8H,9H2,1H3,(H,26,33,34). The minimum absolute atomic E-state index is 0.103. The van der Waals surface area contributed by atoms with Crippen LogP contribution in [0.1, 0.15) is 11.5 Å². The molecule has 0 fully saturated rings. The topological polar surface area (TPSA) is 138 Å². The van der Waals surface area contributed by atoms with E-state index in [4.69, 9.17) is 34.3 Å². The number of aryl methyl sites for hydroxylation is 1. The first-order valence-electron chi connectivity index (χ1n) is 9.87. The highest BCUT2D eigenvalue weighted by molar-refractivity contribution is 6.38. The molecule has 5 aromatic rings. The van der Waals surface area contributed by atoms with Crippen molar-refractivity contribution in [3.05, 3.63) is 101 Å². The van der Waals surface area contributed by atoms with Crippen molar-refractivity contribution in [3.8, 4) is 11.4 Å². The molecule has 0 saturated carbocycles. The number of aromatic nitrogens is 7. The van der Waals surface area contributed by atoms with E-state index in [1.54, 1.807) is 19.1 Å². The van der Waals surface area contributed by atoms with E-state index < -0.39 is 17.1 Å². The van der Waals surface area contributed by atoms with Gasteiger partial charge in [-0.2, -0.15) is 5.10 Å². The fourth-order valence-electron chi connectivity index (χ4n) is 3.58. The quantitative estimate of drug-likeness (QED) is 0.366. The van der Waals surface area contributed by atoms with Crippen LogP contribution < -0.4 is 16.8 Å². The van der Waals surface area contributed by atoms with Gasteiger partial charge in [0, 0.05) is 12.1 Å². The average molecular weight is 511 g/mol. The SMILES string of the molecule is [C-]#[N+]c1nn(-c2cc(Cl)c(-n3ncc4c3ccc(=O)n4Cc3cc(C)on3)c(Cl)c2)c(=O)[nH]c1=O. The normalized spacial score (nSPS) is 11.1. The lowest BCUT2D eigenvalue weighted by Crippen LogP contribution is -2.30. The van der Waals surface area contributed by atoms with Crippen LogP contribution in [0.15, 0.2) is 55.4 Å². The lowest BCUT2D eigenvalue weighted by atomic mass is 10.2. The summed E-state index contributed by atoms with van der Waals surface area (Å²) in [6.07, 6.45) is 1.50. The van der Waals surface area contributed by atoms with Crippen LogP contribution in [0.2, 0.25) is 10.0 Å². The number of nitrogens with one attached hydrogen (secondary N) is 1. The molecule has 0 radical (unpaired) electrons. The molecule has 1 aromatic carbocycles. The van der Waals surface area contributed by atoms with Crippen LogP contribution in [0.4, 0.5) is 5.82 Å². The lowest BCUT2D eigenvalue weighted by Gasteiger charge is -2.11. The molecule has 12 nitrogen and oxygen atoms in total. The summed E-state index contributed by atoms with van der Waals surface area (Å²) < 4.78 is 8.85. The number of rotatable bonds is 4. The summed E-state index contributed by atoms with van der Waals surface area (Å²) in [5, 5.41) is 12.3. The summed E-state index contributed by atoms with van der Waals surface area (Å²) in [6.45, 7) is 8.96. The average Bonchev–Trinajstić information content (AvgIpc) is 3.41.